The van der Waals surface area contributed by atoms with Crippen molar-refractivity contribution in [2.24, 2.45) is 4.99 Å². The standard InChI is InChI=1S/C18H26N6O/c1-2-8-19-17(5-1)15-21-18(23-16-6-13-25-14-7-16)20-9-3-11-24-12-4-10-22-24/h1-2,4-5,8,10,12,16H,3,6-7,9,11,13-15H2,(H2,20,21,23). The highest BCUT2D eigenvalue weighted by Gasteiger charge is 2.14. The minimum atomic E-state index is 0.412. The Hall–Kier alpha value is -2.41. The first-order valence-electron chi connectivity index (χ1n) is 8.90. The molecule has 0 atom stereocenters. The number of hydrogen-bond acceptors (Lipinski definition) is 4. The molecule has 0 aliphatic carbocycles. The Morgan fingerprint density at radius 2 is 2.16 bits per heavy atom. The molecule has 1 saturated heterocycles. The van der Waals surface area contributed by atoms with Gasteiger partial charge in [-0.05, 0) is 37.5 Å². The molecule has 2 N–H and O–H groups in total. The SMILES string of the molecule is c1ccc(CN=C(NCCCn2cccn2)NC2CCOCC2)nc1. The molecule has 0 radical (unpaired) electrons. The third kappa shape index (κ3) is 6.19. The van der Waals surface area contributed by atoms with Crippen LogP contribution in [0.4, 0.5) is 0 Å². The first kappa shape index (κ1) is 17.4. The molecule has 0 bridgehead atoms. The van der Waals surface area contributed by atoms with Gasteiger partial charge in [0.05, 0.1) is 12.2 Å². The second kappa shape index (κ2) is 9.78. The van der Waals surface area contributed by atoms with Crippen molar-refractivity contribution in [2.75, 3.05) is 19.8 Å². The molecule has 1 fully saturated rings. The van der Waals surface area contributed by atoms with E-state index in [0.717, 1.165) is 57.2 Å². The van der Waals surface area contributed by atoms with Gasteiger partial charge in [-0.1, -0.05) is 6.07 Å². The first-order valence-corrected chi connectivity index (χ1v) is 8.90. The summed E-state index contributed by atoms with van der Waals surface area (Å²) in [5.74, 6) is 0.845. The van der Waals surface area contributed by atoms with Crippen molar-refractivity contribution in [3.63, 3.8) is 0 Å². The van der Waals surface area contributed by atoms with Gasteiger partial charge >= 0.3 is 0 Å². The van der Waals surface area contributed by atoms with Gasteiger partial charge in [0.15, 0.2) is 5.96 Å². The van der Waals surface area contributed by atoms with Crippen molar-refractivity contribution in [3.05, 3.63) is 48.5 Å². The molecular formula is C18H26N6O. The minimum absolute atomic E-state index is 0.412. The number of aryl methyl sites for hydroxylation is 1. The van der Waals surface area contributed by atoms with E-state index in [1.54, 1.807) is 12.4 Å². The molecule has 0 aromatic carbocycles. The van der Waals surface area contributed by atoms with Gasteiger partial charge in [-0.3, -0.25) is 9.67 Å². The highest BCUT2D eigenvalue weighted by atomic mass is 16.5. The van der Waals surface area contributed by atoms with Crippen molar-refractivity contribution in [3.8, 4) is 0 Å². The summed E-state index contributed by atoms with van der Waals surface area (Å²) in [5, 5.41) is 11.2. The Kier molecular flexibility index (Phi) is 6.81. The maximum Gasteiger partial charge on any atom is 0.191 e. The molecule has 2 aromatic rings. The summed E-state index contributed by atoms with van der Waals surface area (Å²) in [7, 11) is 0. The van der Waals surface area contributed by atoms with Gasteiger partial charge in [0.2, 0.25) is 0 Å². The van der Waals surface area contributed by atoms with E-state index in [0.29, 0.717) is 12.6 Å². The van der Waals surface area contributed by atoms with E-state index in [4.69, 9.17) is 9.73 Å². The van der Waals surface area contributed by atoms with Crippen LogP contribution in [0.1, 0.15) is 25.0 Å². The topological polar surface area (TPSA) is 76.4 Å². The lowest BCUT2D eigenvalue weighted by Gasteiger charge is -2.25. The Labute approximate surface area is 148 Å². The Balaban J connectivity index is 1.51. The Bertz CT molecular complexity index is 622. The zero-order chi connectivity index (χ0) is 17.2. The fraction of sp³-hybridized carbons (Fsp3) is 0.500. The predicted molar refractivity (Wildman–Crippen MR) is 97.2 cm³/mol. The van der Waals surface area contributed by atoms with E-state index in [-0.39, 0.29) is 0 Å². The lowest BCUT2D eigenvalue weighted by molar-refractivity contribution is 0.0822. The van der Waals surface area contributed by atoms with Crippen molar-refractivity contribution in [2.45, 2.75) is 38.4 Å². The van der Waals surface area contributed by atoms with Gasteiger partial charge in [-0.15, -0.1) is 0 Å². The number of nitrogens with one attached hydrogen (secondary N) is 2. The Morgan fingerprint density at radius 1 is 1.24 bits per heavy atom. The van der Waals surface area contributed by atoms with E-state index < -0.39 is 0 Å². The van der Waals surface area contributed by atoms with Gasteiger partial charge < -0.3 is 15.4 Å². The number of rotatable bonds is 7. The molecule has 1 aliphatic rings. The summed E-state index contributed by atoms with van der Waals surface area (Å²) in [5.41, 5.74) is 0.965. The molecule has 0 unspecified atom stereocenters. The number of aliphatic imine (C=N–C) groups is 1. The van der Waals surface area contributed by atoms with Crippen LogP contribution < -0.4 is 10.6 Å². The predicted octanol–water partition coefficient (Wildman–Crippen LogP) is 1.58. The second-order valence-electron chi connectivity index (χ2n) is 6.07. The number of pyridine rings is 1. The fourth-order valence-electron chi connectivity index (χ4n) is 2.72. The van der Waals surface area contributed by atoms with Gasteiger partial charge in [-0.2, -0.15) is 5.10 Å². The number of aromatic nitrogens is 3. The molecular weight excluding hydrogens is 316 g/mol. The van der Waals surface area contributed by atoms with E-state index in [2.05, 4.69) is 20.7 Å². The zero-order valence-electron chi connectivity index (χ0n) is 14.5. The van der Waals surface area contributed by atoms with Crippen molar-refractivity contribution in [1.82, 2.24) is 25.4 Å². The molecule has 3 rings (SSSR count). The van der Waals surface area contributed by atoms with E-state index in [9.17, 15) is 0 Å². The van der Waals surface area contributed by atoms with E-state index >= 15 is 0 Å². The molecule has 3 heterocycles. The largest absolute Gasteiger partial charge is 0.381 e. The van der Waals surface area contributed by atoms with Crippen LogP contribution in [0.25, 0.3) is 0 Å². The average Bonchev–Trinajstić information content (AvgIpc) is 3.18. The lowest BCUT2D eigenvalue weighted by atomic mass is 10.1. The summed E-state index contributed by atoms with van der Waals surface area (Å²) in [6.07, 6.45) is 8.60. The number of ether oxygens (including phenoxy) is 1. The summed E-state index contributed by atoms with van der Waals surface area (Å²) >= 11 is 0. The van der Waals surface area contributed by atoms with Crippen molar-refractivity contribution in [1.29, 1.82) is 0 Å². The quantitative estimate of drug-likeness (QED) is 0.454. The monoisotopic (exact) mass is 342 g/mol. The van der Waals surface area contributed by atoms with Crippen LogP contribution >= 0.6 is 0 Å². The zero-order valence-corrected chi connectivity index (χ0v) is 14.5. The maximum absolute atomic E-state index is 5.43. The molecule has 25 heavy (non-hydrogen) atoms. The minimum Gasteiger partial charge on any atom is -0.381 e. The smallest absolute Gasteiger partial charge is 0.191 e. The summed E-state index contributed by atoms with van der Waals surface area (Å²) in [6, 6.07) is 8.26. The van der Waals surface area contributed by atoms with Crippen molar-refractivity contribution >= 4 is 5.96 Å². The molecule has 134 valence electrons. The molecule has 7 nitrogen and oxygen atoms in total. The van der Waals surface area contributed by atoms with Crippen LogP contribution in [-0.2, 0) is 17.8 Å². The van der Waals surface area contributed by atoms with E-state index in [1.165, 1.54) is 0 Å². The summed E-state index contributed by atoms with van der Waals surface area (Å²) < 4.78 is 7.37. The van der Waals surface area contributed by atoms with Gasteiger partial charge in [0.25, 0.3) is 0 Å². The molecule has 0 spiro atoms. The number of nitrogens with zero attached hydrogens (tertiary/aromatic N) is 4. The number of hydrogen-bond donors (Lipinski definition) is 2. The third-order valence-electron chi connectivity index (χ3n) is 4.10. The summed E-state index contributed by atoms with van der Waals surface area (Å²) in [4.78, 5) is 9.02. The fourth-order valence-corrected chi connectivity index (χ4v) is 2.72. The average molecular weight is 342 g/mol. The Morgan fingerprint density at radius 3 is 2.92 bits per heavy atom. The normalized spacial score (nSPS) is 15.9. The van der Waals surface area contributed by atoms with Crippen LogP contribution in [0, 0.1) is 0 Å². The van der Waals surface area contributed by atoms with Crippen LogP contribution in [0.2, 0.25) is 0 Å². The molecule has 1 aliphatic heterocycles. The van der Waals surface area contributed by atoms with E-state index in [1.807, 2.05) is 35.1 Å². The maximum atomic E-state index is 5.43. The molecule has 0 amide bonds. The highest BCUT2D eigenvalue weighted by molar-refractivity contribution is 5.80. The van der Waals surface area contributed by atoms with Gasteiger partial charge in [0, 0.05) is 50.9 Å². The van der Waals surface area contributed by atoms with Crippen LogP contribution in [-0.4, -0.2) is 46.5 Å². The highest BCUT2D eigenvalue weighted by Crippen LogP contribution is 2.06. The van der Waals surface area contributed by atoms with Crippen LogP contribution in [0.15, 0.2) is 47.8 Å². The van der Waals surface area contributed by atoms with Gasteiger partial charge in [-0.25, -0.2) is 4.99 Å². The number of guanidine groups is 1. The lowest BCUT2D eigenvalue weighted by Crippen LogP contribution is -2.46. The van der Waals surface area contributed by atoms with Gasteiger partial charge in [0.1, 0.15) is 0 Å². The van der Waals surface area contributed by atoms with Crippen LogP contribution in [0.5, 0.6) is 0 Å². The summed E-state index contributed by atoms with van der Waals surface area (Å²) in [6.45, 7) is 3.93. The molecule has 2 aromatic heterocycles. The first-order chi connectivity index (χ1) is 12.4. The molecule has 7 heteroatoms. The van der Waals surface area contributed by atoms with Crippen molar-refractivity contribution < 1.29 is 4.74 Å². The molecule has 0 saturated carbocycles. The third-order valence-corrected chi connectivity index (χ3v) is 4.10. The van der Waals surface area contributed by atoms with Crippen LogP contribution in [0.3, 0.4) is 0 Å². The second-order valence-corrected chi connectivity index (χ2v) is 6.07.